The summed E-state index contributed by atoms with van der Waals surface area (Å²) in [4.78, 5) is 14.1. The van der Waals surface area contributed by atoms with Crippen molar-refractivity contribution in [3.63, 3.8) is 0 Å². The molecule has 0 bridgehead atoms. The van der Waals surface area contributed by atoms with Crippen molar-refractivity contribution in [3.8, 4) is 0 Å². The SMILES string of the molecule is CSCC(=NCC1CCOC1)[N+](=O)[O-]. The molecule has 1 fully saturated rings. The van der Waals surface area contributed by atoms with Crippen LogP contribution in [0.1, 0.15) is 6.42 Å². The van der Waals surface area contributed by atoms with E-state index in [0.717, 1.165) is 13.0 Å². The van der Waals surface area contributed by atoms with E-state index in [4.69, 9.17) is 4.74 Å². The van der Waals surface area contributed by atoms with Gasteiger partial charge in [0.15, 0.2) is 0 Å². The van der Waals surface area contributed by atoms with E-state index in [1.807, 2.05) is 6.26 Å². The molecule has 0 N–H and O–H groups in total. The third-order valence-electron chi connectivity index (χ3n) is 2.04. The summed E-state index contributed by atoms with van der Waals surface area (Å²) in [7, 11) is 0. The Balaban J connectivity index is 2.40. The number of hydrogen-bond acceptors (Lipinski definition) is 5. The minimum atomic E-state index is -0.397. The van der Waals surface area contributed by atoms with Gasteiger partial charge < -0.3 is 14.9 Å². The van der Waals surface area contributed by atoms with Crippen LogP contribution in [-0.2, 0) is 4.74 Å². The summed E-state index contributed by atoms with van der Waals surface area (Å²) in [6.07, 6.45) is 2.80. The Morgan fingerprint density at radius 1 is 1.79 bits per heavy atom. The van der Waals surface area contributed by atoms with Crippen molar-refractivity contribution in [2.45, 2.75) is 6.42 Å². The normalized spacial score (nSPS) is 22.6. The van der Waals surface area contributed by atoms with Crippen molar-refractivity contribution in [1.82, 2.24) is 0 Å². The summed E-state index contributed by atoms with van der Waals surface area (Å²) in [6.45, 7) is 1.97. The molecule has 0 aromatic carbocycles. The molecule has 1 atom stereocenters. The average molecular weight is 218 g/mol. The zero-order valence-corrected chi connectivity index (χ0v) is 8.96. The standard InChI is InChI=1S/C8H14N2O3S/c1-14-6-8(10(11)12)9-4-7-2-3-13-5-7/h7H,2-6H2,1H3. The lowest BCUT2D eigenvalue weighted by Gasteiger charge is -1.99. The predicted molar refractivity (Wildman–Crippen MR) is 56.6 cm³/mol. The molecule has 0 saturated carbocycles. The van der Waals surface area contributed by atoms with Crippen molar-refractivity contribution in [2.75, 3.05) is 31.8 Å². The maximum absolute atomic E-state index is 10.5. The Bertz CT molecular complexity index is 227. The number of nitro groups is 1. The topological polar surface area (TPSA) is 64.7 Å². The Morgan fingerprint density at radius 3 is 3.07 bits per heavy atom. The second-order valence-electron chi connectivity index (χ2n) is 3.18. The van der Waals surface area contributed by atoms with E-state index in [9.17, 15) is 10.1 Å². The van der Waals surface area contributed by atoms with Gasteiger partial charge in [-0.05, 0) is 17.6 Å². The lowest BCUT2D eigenvalue weighted by molar-refractivity contribution is -0.350. The van der Waals surface area contributed by atoms with Crippen molar-refractivity contribution >= 4 is 17.6 Å². The molecule has 1 heterocycles. The van der Waals surface area contributed by atoms with Gasteiger partial charge in [-0.3, -0.25) is 0 Å². The molecule has 1 aliphatic rings. The van der Waals surface area contributed by atoms with Gasteiger partial charge in [-0.25, -0.2) is 0 Å². The Morgan fingerprint density at radius 2 is 2.57 bits per heavy atom. The second-order valence-corrected chi connectivity index (χ2v) is 4.04. The summed E-state index contributed by atoms with van der Waals surface area (Å²) in [6, 6.07) is 0. The summed E-state index contributed by atoms with van der Waals surface area (Å²) < 4.78 is 5.17. The molecule has 0 aromatic heterocycles. The first-order valence-corrected chi connectivity index (χ1v) is 5.88. The fourth-order valence-corrected chi connectivity index (χ4v) is 1.70. The highest BCUT2D eigenvalue weighted by Gasteiger charge is 2.19. The van der Waals surface area contributed by atoms with Crippen LogP contribution in [0.4, 0.5) is 0 Å². The van der Waals surface area contributed by atoms with E-state index in [0.29, 0.717) is 24.8 Å². The number of thioether (sulfide) groups is 1. The minimum Gasteiger partial charge on any atom is -0.381 e. The van der Waals surface area contributed by atoms with Crippen LogP contribution in [0, 0.1) is 16.0 Å². The van der Waals surface area contributed by atoms with Crippen molar-refractivity contribution in [3.05, 3.63) is 10.1 Å². The lowest BCUT2D eigenvalue weighted by atomic mass is 10.1. The molecular formula is C8H14N2O3S. The Kier molecular flexibility index (Phi) is 4.89. The third kappa shape index (κ3) is 3.63. The fraction of sp³-hybridized carbons (Fsp3) is 0.875. The fourth-order valence-electron chi connectivity index (χ4n) is 1.25. The molecule has 14 heavy (non-hydrogen) atoms. The Labute approximate surface area is 87.1 Å². The van der Waals surface area contributed by atoms with Crippen molar-refractivity contribution in [2.24, 2.45) is 10.9 Å². The average Bonchev–Trinajstić information content (AvgIpc) is 2.64. The molecule has 0 aliphatic carbocycles. The van der Waals surface area contributed by atoms with Gasteiger partial charge in [0, 0.05) is 12.5 Å². The van der Waals surface area contributed by atoms with E-state index < -0.39 is 4.92 Å². The largest absolute Gasteiger partial charge is 0.381 e. The molecule has 1 rings (SSSR count). The highest BCUT2D eigenvalue weighted by Crippen LogP contribution is 2.12. The molecule has 0 radical (unpaired) electrons. The molecule has 1 saturated heterocycles. The molecule has 6 heteroatoms. The van der Waals surface area contributed by atoms with E-state index in [2.05, 4.69) is 4.99 Å². The monoisotopic (exact) mass is 218 g/mol. The van der Waals surface area contributed by atoms with Crippen LogP contribution in [0.2, 0.25) is 0 Å². The number of hydrogen-bond donors (Lipinski definition) is 0. The number of aliphatic imine (C=N–C) groups is 1. The van der Waals surface area contributed by atoms with E-state index in [1.54, 1.807) is 0 Å². The van der Waals surface area contributed by atoms with Gasteiger partial charge in [0.25, 0.3) is 0 Å². The van der Waals surface area contributed by atoms with Gasteiger partial charge in [0.2, 0.25) is 0 Å². The number of rotatable bonds is 4. The molecule has 1 unspecified atom stereocenters. The van der Waals surface area contributed by atoms with Crippen LogP contribution in [0.3, 0.4) is 0 Å². The summed E-state index contributed by atoms with van der Waals surface area (Å²) in [5, 5.41) is 10.5. The number of nitrogens with zero attached hydrogens (tertiary/aromatic N) is 2. The first-order chi connectivity index (χ1) is 6.74. The lowest BCUT2D eigenvalue weighted by Crippen LogP contribution is -2.17. The maximum Gasteiger partial charge on any atom is 0.343 e. The van der Waals surface area contributed by atoms with E-state index in [1.165, 1.54) is 11.8 Å². The van der Waals surface area contributed by atoms with Crippen LogP contribution in [0.15, 0.2) is 4.99 Å². The molecule has 80 valence electrons. The first-order valence-electron chi connectivity index (χ1n) is 4.48. The molecular weight excluding hydrogens is 204 g/mol. The van der Waals surface area contributed by atoms with Crippen LogP contribution >= 0.6 is 11.8 Å². The minimum absolute atomic E-state index is 0.0735. The highest BCUT2D eigenvalue weighted by atomic mass is 32.2. The quantitative estimate of drug-likeness (QED) is 0.306. The first kappa shape index (κ1) is 11.5. The van der Waals surface area contributed by atoms with E-state index >= 15 is 0 Å². The summed E-state index contributed by atoms with van der Waals surface area (Å²) in [5.74, 6) is 0.817. The Hall–Kier alpha value is -0.620. The van der Waals surface area contributed by atoms with Crippen LogP contribution in [0.5, 0.6) is 0 Å². The molecule has 1 aliphatic heterocycles. The zero-order valence-electron chi connectivity index (χ0n) is 8.14. The predicted octanol–water partition coefficient (Wildman–Crippen LogP) is 1.06. The molecule has 5 nitrogen and oxygen atoms in total. The van der Waals surface area contributed by atoms with Crippen molar-refractivity contribution in [1.29, 1.82) is 0 Å². The third-order valence-corrected chi connectivity index (χ3v) is 2.59. The van der Waals surface area contributed by atoms with Crippen molar-refractivity contribution < 1.29 is 9.66 Å². The number of amidine groups is 1. The molecule has 0 aromatic rings. The van der Waals surface area contributed by atoms with Crippen LogP contribution in [0.25, 0.3) is 0 Å². The molecule has 0 amide bonds. The summed E-state index contributed by atoms with van der Waals surface area (Å²) >= 11 is 1.42. The maximum atomic E-state index is 10.5. The molecule has 0 spiro atoms. The zero-order chi connectivity index (χ0) is 10.4. The summed E-state index contributed by atoms with van der Waals surface area (Å²) in [5.41, 5.74) is 0. The smallest absolute Gasteiger partial charge is 0.343 e. The van der Waals surface area contributed by atoms with Crippen LogP contribution < -0.4 is 0 Å². The second kappa shape index (κ2) is 5.98. The number of ether oxygens (including phenoxy) is 1. The highest BCUT2D eigenvalue weighted by molar-refractivity contribution is 7.99. The van der Waals surface area contributed by atoms with Gasteiger partial charge in [-0.2, -0.15) is 11.8 Å². The van der Waals surface area contributed by atoms with Crippen LogP contribution in [-0.4, -0.2) is 42.5 Å². The van der Waals surface area contributed by atoms with Gasteiger partial charge in [0.1, 0.15) is 12.3 Å². The van der Waals surface area contributed by atoms with E-state index in [-0.39, 0.29) is 5.84 Å². The van der Waals surface area contributed by atoms with Gasteiger partial charge in [0.05, 0.1) is 6.61 Å². The van der Waals surface area contributed by atoms with Gasteiger partial charge in [-0.1, -0.05) is 4.99 Å². The van der Waals surface area contributed by atoms with Gasteiger partial charge >= 0.3 is 5.84 Å². The van der Waals surface area contributed by atoms with Gasteiger partial charge in [-0.15, -0.1) is 0 Å².